The molecule has 0 aliphatic heterocycles. The number of nitrogens with one attached hydrogen (secondary N) is 1. The van der Waals surface area contributed by atoms with Gasteiger partial charge in [-0.05, 0) is 50.8 Å². The molecule has 0 bridgehead atoms. The molecule has 106 valence electrons. The van der Waals surface area contributed by atoms with E-state index in [0.717, 1.165) is 19.5 Å². The Bertz CT molecular complexity index is 390. The van der Waals surface area contributed by atoms with Gasteiger partial charge in [-0.15, -0.1) is 0 Å². The first-order valence-corrected chi connectivity index (χ1v) is 7.41. The molecule has 0 aromatic heterocycles. The summed E-state index contributed by atoms with van der Waals surface area (Å²) in [6.45, 7) is 6.55. The van der Waals surface area contributed by atoms with Crippen molar-refractivity contribution in [3.05, 3.63) is 29.8 Å². The standard InChI is InChI=1S/C16H26N2O/c1-3-18(16-6-4-5-13(2)11-16)10-9-15(12-19)17-14-7-8-14/h4-6,11,14-15,17,19H,3,7-10,12H2,1-2H3. The van der Waals surface area contributed by atoms with Crippen molar-refractivity contribution >= 4 is 5.69 Å². The van der Waals surface area contributed by atoms with Gasteiger partial charge in [0.25, 0.3) is 0 Å². The van der Waals surface area contributed by atoms with Crippen LogP contribution in [0.5, 0.6) is 0 Å². The molecule has 1 fully saturated rings. The molecule has 3 nitrogen and oxygen atoms in total. The summed E-state index contributed by atoms with van der Waals surface area (Å²) in [5, 5.41) is 12.9. The van der Waals surface area contributed by atoms with Gasteiger partial charge in [0.05, 0.1) is 6.61 Å². The summed E-state index contributed by atoms with van der Waals surface area (Å²) < 4.78 is 0. The van der Waals surface area contributed by atoms with E-state index in [1.165, 1.54) is 24.1 Å². The lowest BCUT2D eigenvalue weighted by molar-refractivity contribution is 0.235. The highest BCUT2D eigenvalue weighted by Gasteiger charge is 2.24. The van der Waals surface area contributed by atoms with E-state index in [2.05, 4.69) is 48.3 Å². The predicted octanol–water partition coefficient (Wildman–Crippen LogP) is 2.32. The van der Waals surface area contributed by atoms with Crippen LogP contribution in [0, 0.1) is 6.92 Å². The van der Waals surface area contributed by atoms with E-state index < -0.39 is 0 Å². The van der Waals surface area contributed by atoms with Gasteiger partial charge >= 0.3 is 0 Å². The number of rotatable bonds is 8. The molecule has 1 aromatic carbocycles. The summed E-state index contributed by atoms with van der Waals surface area (Å²) >= 11 is 0. The second kappa shape index (κ2) is 6.92. The lowest BCUT2D eigenvalue weighted by Gasteiger charge is -2.26. The first kappa shape index (κ1) is 14.4. The number of aliphatic hydroxyl groups excluding tert-OH is 1. The van der Waals surface area contributed by atoms with E-state index >= 15 is 0 Å². The zero-order valence-corrected chi connectivity index (χ0v) is 12.1. The first-order valence-electron chi connectivity index (χ1n) is 7.41. The highest BCUT2D eigenvalue weighted by atomic mass is 16.3. The van der Waals surface area contributed by atoms with E-state index in [1.807, 2.05) is 0 Å². The second-order valence-electron chi connectivity index (χ2n) is 5.53. The molecule has 2 rings (SSSR count). The Balaban J connectivity index is 1.87. The third kappa shape index (κ3) is 4.51. The normalized spacial score (nSPS) is 16.4. The number of aliphatic hydroxyl groups is 1. The molecule has 1 saturated carbocycles. The average Bonchev–Trinajstić information content (AvgIpc) is 3.22. The van der Waals surface area contributed by atoms with Gasteiger partial charge in [-0.3, -0.25) is 0 Å². The SMILES string of the molecule is CCN(CCC(CO)NC1CC1)c1cccc(C)c1. The molecule has 0 radical (unpaired) electrons. The molecular formula is C16H26N2O. The molecule has 0 saturated heterocycles. The molecule has 19 heavy (non-hydrogen) atoms. The summed E-state index contributed by atoms with van der Waals surface area (Å²) in [5.41, 5.74) is 2.58. The molecule has 1 aliphatic carbocycles. The van der Waals surface area contributed by atoms with Crippen molar-refractivity contribution in [1.82, 2.24) is 5.32 Å². The van der Waals surface area contributed by atoms with Gasteiger partial charge in [-0.1, -0.05) is 12.1 Å². The maximum absolute atomic E-state index is 9.42. The van der Waals surface area contributed by atoms with Crippen molar-refractivity contribution in [2.24, 2.45) is 0 Å². The average molecular weight is 262 g/mol. The Hall–Kier alpha value is -1.06. The van der Waals surface area contributed by atoms with Crippen molar-refractivity contribution in [1.29, 1.82) is 0 Å². The molecule has 1 aromatic rings. The fraction of sp³-hybridized carbons (Fsp3) is 0.625. The molecule has 0 spiro atoms. The maximum Gasteiger partial charge on any atom is 0.0585 e. The lowest BCUT2D eigenvalue weighted by Crippen LogP contribution is -2.38. The van der Waals surface area contributed by atoms with Crippen LogP contribution in [0.3, 0.4) is 0 Å². The molecule has 1 atom stereocenters. The van der Waals surface area contributed by atoms with E-state index in [0.29, 0.717) is 6.04 Å². The Kier molecular flexibility index (Phi) is 5.23. The molecule has 3 heteroatoms. The molecule has 2 N–H and O–H groups in total. The van der Waals surface area contributed by atoms with Gasteiger partial charge in [0.15, 0.2) is 0 Å². The van der Waals surface area contributed by atoms with Crippen LogP contribution in [0.4, 0.5) is 5.69 Å². The van der Waals surface area contributed by atoms with Crippen LogP contribution < -0.4 is 10.2 Å². The number of hydrogen-bond acceptors (Lipinski definition) is 3. The Morgan fingerprint density at radius 3 is 2.79 bits per heavy atom. The first-order chi connectivity index (χ1) is 9.22. The van der Waals surface area contributed by atoms with E-state index in [-0.39, 0.29) is 12.6 Å². The third-order valence-corrected chi connectivity index (χ3v) is 3.77. The zero-order valence-electron chi connectivity index (χ0n) is 12.1. The lowest BCUT2D eigenvalue weighted by atomic mass is 10.1. The number of anilines is 1. The van der Waals surface area contributed by atoms with Crippen LogP contribution >= 0.6 is 0 Å². The van der Waals surface area contributed by atoms with Gasteiger partial charge in [-0.2, -0.15) is 0 Å². The van der Waals surface area contributed by atoms with Crippen LogP contribution in [-0.4, -0.2) is 36.9 Å². The van der Waals surface area contributed by atoms with E-state index in [1.54, 1.807) is 0 Å². The number of aryl methyl sites for hydroxylation is 1. The van der Waals surface area contributed by atoms with Crippen molar-refractivity contribution in [2.75, 3.05) is 24.6 Å². The van der Waals surface area contributed by atoms with Crippen LogP contribution in [0.15, 0.2) is 24.3 Å². The van der Waals surface area contributed by atoms with Gasteiger partial charge in [-0.25, -0.2) is 0 Å². The van der Waals surface area contributed by atoms with Gasteiger partial charge < -0.3 is 15.3 Å². The number of nitrogens with zero attached hydrogens (tertiary/aromatic N) is 1. The Morgan fingerprint density at radius 1 is 1.42 bits per heavy atom. The molecular weight excluding hydrogens is 236 g/mol. The molecule has 0 amide bonds. The highest BCUT2D eigenvalue weighted by molar-refractivity contribution is 5.48. The third-order valence-electron chi connectivity index (χ3n) is 3.77. The second-order valence-corrected chi connectivity index (χ2v) is 5.53. The highest BCUT2D eigenvalue weighted by Crippen LogP contribution is 2.20. The van der Waals surface area contributed by atoms with Gasteiger partial charge in [0, 0.05) is 30.9 Å². The largest absolute Gasteiger partial charge is 0.395 e. The maximum atomic E-state index is 9.42. The quantitative estimate of drug-likeness (QED) is 0.755. The molecule has 1 unspecified atom stereocenters. The fourth-order valence-electron chi connectivity index (χ4n) is 2.42. The summed E-state index contributed by atoms with van der Waals surface area (Å²) in [4.78, 5) is 2.38. The summed E-state index contributed by atoms with van der Waals surface area (Å²) in [5.74, 6) is 0. The topological polar surface area (TPSA) is 35.5 Å². The minimum Gasteiger partial charge on any atom is -0.395 e. The summed E-state index contributed by atoms with van der Waals surface area (Å²) in [6, 6.07) is 9.53. The van der Waals surface area contributed by atoms with Crippen LogP contribution in [0.25, 0.3) is 0 Å². The van der Waals surface area contributed by atoms with Crippen molar-refractivity contribution in [3.8, 4) is 0 Å². The van der Waals surface area contributed by atoms with Gasteiger partial charge in [0.1, 0.15) is 0 Å². The number of hydrogen-bond donors (Lipinski definition) is 2. The summed E-state index contributed by atoms with van der Waals surface area (Å²) in [7, 11) is 0. The van der Waals surface area contributed by atoms with E-state index in [4.69, 9.17) is 0 Å². The van der Waals surface area contributed by atoms with Crippen molar-refractivity contribution in [2.45, 2.75) is 45.2 Å². The Labute approximate surface area is 116 Å². The van der Waals surface area contributed by atoms with Crippen LogP contribution in [-0.2, 0) is 0 Å². The zero-order chi connectivity index (χ0) is 13.7. The monoisotopic (exact) mass is 262 g/mol. The van der Waals surface area contributed by atoms with Crippen molar-refractivity contribution in [3.63, 3.8) is 0 Å². The minimum absolute atomic E-state index is 0.238. The minimum atomic E-state index is 0.238. The summed E-state index contributed by atoms with van der Waals surface area (Å²) in [6.07, 6.45) is 3.53. The predicted molar refractivity (Wildman–Crippen MR) is 80.7 cm³/mol. The number of benzene rings is 1. The Morgan fingerprint density at radius 2 is 2.21 bits per heavy atom. The van der Waals surface area contributed by atoms with Crippen molar-refractivity contribution < 1.29 is 5.11 Å². The fourth-order valence-corrected chi connectivity index (χ4v) is 2.42. The smallest absolute Gasteiger partial charge is 0.0585 e. The molecule has 1 aliphatic rings. The van der Waals surface area contributed by atoms with Crippen LogP contribution in [0.2, 0.25) is 0 Å². The van der Waals surface area contributed by atoms with E-state index in [9.17, 15) is 5.11 Å². The molecule has 0 heterocycles. The van der Waals surface area contributed by atoms with Crippen LogP contribution in [0.1, 0.15) is 31.7 Å². The van der Waals surface area contributed by atoms with Gasteiger partial charge in [0.2, 0.25) is 0 Å².